The summed E-state index contributed by atoms with van der Waals surface area (Å²) in [5.74, 6) is 1.41. The van der Waals surface area contributed by atoms with Crippen molar-refractivity contribution in [2.75, 3.05) is 25.1 Å². The van der Waals surface area contributed by atoms with Crippen molar-refractivity contribution in [3.05, 3.63) is 60.4 Å². The fourth-order valence-electron chi connectivity index (χ4n) is 5.44. The molecule has 0 saturated carbocycles. The lowest BCUT2D eigenvalue weighted by molar-refractivity contribution is -0.0857. The average Bonchev–Trinajstić information content (AvgIpc) is 3.35. The van der Waals surface area contributed by atoms with Crippen LogP contribution in [0.5, 0.6) is 5.75 Å². The summed E-state index contributed by atoms with van der Waals surface area (Å²) >= 11 is 0. The summed E-state index contributed by atoms with van der Waals surface area (Å²) in [7, 11) is 0. The van der Waals surface area contributed by atoms with Gasteiger partial charge in [-0.25, -0.2) is 19.3 Å². The normalized spacial score (nSPS) is 20.0. The predicted octanol–water partition coefficient (Wildman–Crippen LogP) is 3.28. The standard InChI is InChI=1S/C28H30N8O5/c1-3-29-27(37)23-11-32-26(13-31-23)33-25-10-18-7-17(4-5-35(18)34-25)22-6-16(2)30-12-24(22)41-21-8-19-14-40-15-20(9-21)36(19)28(38)39/h4-7,10-13,19-21H,3,8-9,14-15H2,1-2H3,(H,29,37)(H,38,39)(H,32,33,34)/t19-,20+,21-. The Bertz CT molecular complexity index is 1580. The first-order chi connectivity index (χ1) is 19.9. The van der Waals surface area contributed by atoms with Crippen molar-refractivity contribution < 1.29 is 24.2 Å². The fourth-order valence-corrected chi connectivity index (χ4v) is 5.44. The molecular formula is C28H30N8O5. The van der Waals surface area contributed by atoms with Crippen LogP contribution in [0, 0.1) is 6.92 Å². The van der Waals surface area contributed by atoms with E-state index in [1.54, 1.807) is 10.7 Å². The zero-order chi connectivity index (χ0) is 28.5. The summed E-state index contributed by atoms with van der Waals surface area (Å²) in [5.41, 5.74) is 3.76. The van der Waals surface area contributed by atoms with Crippen molar-refractivity contribution in [3.8, 4) is 16.9 Å². The van der Waals surface area contributed by atoms with E-state index in [1.807, 2.05) is 44.3 Å². The maximum Gasteiger partial charge on any atom is 0.407 e. The molecule has 0 spiro atoms. The maximum absolute atomic E-state index is 11.9. The molecule has 13 heteroatoms. The van der Waals surface area contributed by atoms with Crippen molar-refractivity contribution in [1.29, 1.82) is 0 Å². The second-order valence-electron chi connectivity index (χ2n) is 10.2. The van der Waals surface area contributed by atoms with Crippen molar-refractivity contribution in [1.82, 2.24) is 34.8 Å². The van der Waals surface area contributed by atoms with E-state index in [-0.39, 0.29) is 29.8 Å². The third-order valence-electron chi connectivity index (χ3n) is 7.25. The van der Waals surface area contributed by atoms with Crippen LogP contribution in [-0.4, -0.2) is 84.5 Å². The van der Waals surface area contributed by atoms with Gasteiger partial charge in [-0.3, -0.25) is 14.7 Å². The molecule has 6 heterocycles. The molecule has 4 aromatic heterocycles. The molecule has 0 unspecified atom stereocenters. The lowest BCUT2D eigenvalue weighted by atomic mass is 9.92. The summed E-state index contributed by atoms with van der Waals surface area (Å²) in [5, 5.41) is 20.0. The Hall–Kier alpha value is -4.78. The second-order valence-corrected chi connectivity index (χ2v) is 10.2. The summed E-state index contributed by atoms with van der Waals surface area (Å²) in [6.45, 7) is 5.03. The van der Waals surface area contributed by atoms with Gasteiger partial charge in [0, 0.05) is 42.9 Å². The predicted molar refractivity (Wildman–Crippen MR) is 148 cm³/mol. The lowest BCUT2D eigenvalue weighted by Gasteiger charge is -2.46. The van der Waals surface area contributed by atoms with Crippen LogP contribution in [0.4, 0.5) is 16.4 Å². The average molecular weight is 559 g/mol. The molecule has 0 radical (unpaired) electrons. The molecule has 0 aromatic carbocycles. The van der Waals surface area contributed by atoms with E-state index in [0.717, 1.165) is 22.3 Å². The third kappa shape index (κ3) is 5.48. The highest BCUT2D eigenvalue weighted by Gasteiger charge is 2.42. The minimum atomic E-state index is -0.911. The van der Waals surface area contributed by atoms with Gasteiger partial charge in [0.2, 0.25) is 0 Å². The van der Waals surface area contributed by atoms with Crippen molar-refractivity contribution in [2.24, 2.45) is 0 Å². The van der Waals surface area contributed by atoms with Crippen LogP contribution in [0.1, 0.15) is 35.9 Å². The van der Waals surface area contributed by atoms with Gasteiger partial charge in [-0.05, 0) is 37.6 Å². The number of rotatable bonds is 7. The molecule has 0 aliphatic carbocycles. The van der Waals surface area contributed by atoms with Gasteiger partial charge in [-0.1, -0.05) is 0 Å². The van der Waals surface area contributed by atoms with Gasteiger partial charge in [0.25, 0.3) is 5.91 Å². The monoisotopic (exact) mass is 558 g/mol. The number of hydrogen-bond acceptors (Lipinski definition) is 9. The van der Waals surface area contributed by atoms with Crippen LogP contribution in [0.2, 0.25) is 0 Å². The van der Waals surface area contributed by atoms with E-state index < -0.39 is 6.09 Å². The summed E-state index contributed by atoms with van der Waals surface area (Å²) in [4.78, 5) is 38.1. The third-order valence-corrected chi connectivity index (χ3v) is 7.25. The molecule has 13 nitrogen and oxygen atoms in total. The van der Waals surface area contributed by atoms with Gasteiger partial charge < -0.3 is 25.2 Å². The molecule has 2 aliphatic rings. The van der Waals surface area contributed by atoms with Crippen molar-refractivity contribution in [3.63, 3.8) is 0 Å². The number of aromatic nitrogens is 5. The summed E-state index contributed by atoms with van der Waals surface area (Å²) < 4.78 is 13.9. The molecule has 2 saturated heterocycles. The summed E-state index contributed by atoms with van der Waals surface area (Å²) in [6.07, 6.45) is 6.56. The minimum Gasteiger partial charge on any atom is -0.488 e. The number of ether oxygens (including phenoxy) is 2. The number of nitrogens with one attached hydrogen (secondary N) is 2. The minimum absolute atomic E-state index is 0.150. The first kappa shape index (κ1) is 26.4. The van der Waals surface area contributed by atoms with Gasteiger partial charge >= 0.3 is 6.09 Å². The Morgan fingerprint density at radius 2 is 1.88 bits per heavy atom. The molecule has 3 atom stereocenters. The molecular weight excluding hydrogens is 528 g/mol. The number of piperidine rings is 1. The molecule has 2 amide bonds. The van der Waals surface area contributed by atoms with Gasteiger partial charge in [-0.2, -0.15) is 5.10 Å². The van der Waals surface area contributed by atoms with E-state index in [4.69, 9.17) is 9.47 Å². The van der Waals surface area contributed by atoms with Crippen LogP contribution in [0.25, 0.3) is 16.6 Å². The quantitative estimate of drug-likeness (QED) is 0.308. The smallest absolute Gasteiger partial charge is 0.407 e. The highest BCUT2D eigenvalue weighted by atomic mass is 16.5. The number of carboxylic acid groups (broad SMARTS) is 1. The Morgan fingerprint density at radius 1 is 1.07 bits per heavy atom. The van der Waals surface area contributed by atoms with E-state index in [9.17, 15) is 14.7 Å². The zero-order valence-corrected chi connectivity index (χ0v) is 22.6. The van der Waals surface area contributed by atoms with E-state index in [0.29, 0.717) is 50.0 Å². The van der Waals surface area contributed by atoms with Crippen LogP contribution >= 0.6 is 0 Å². The van der Waals surface area contributed by atoms with Gasteiger partial charge in [0.1, 0.15) is 23.4 Å². The Balaban J connectivity index is 1.21. The topological polar surface area (TPSA) is 156 Å². The number of nitrogens with zero attached hydrogens (tertiary/aromatic N) is 6. The molecule has 41 heavy (non-hydrogen) atoms. The number of hydrogen-bond donors (Lipinski definition) is 3. The molecule has 4 aromatic rings. The lowest BCUT2D eigenvalue weighted by Crippen LogP contribution is -2.60. The van der Waals surface area contributed by atoms with Crippen molar-refractivity contribution >= 4 is 29.2 Å². The van der Waals surface area contributed by atoms with E-state index in [2.05, 4.69) is 30.7 Å². The molecule has 6 rings (SSSR count). The van der Waals surface area contributed by atoms with Gasteiger partial charge in [-0.15, -0.1) is 0 Å². The maximum atomic E-state index is 11.9. The largest absolute Gasteiger partial charge is 0.488 e. The van der Waals surface area contributed by atoms with Crippen LogP contribution in [0.15, 0.2) is 49.1 Å². The van der Waals surface area contributed by atoms with Gasteiger partial charge in [0.15, 0.2) is 5.82 Å². The number of pyridine rings is 2. The number of carbonyl (C=O) groups excluding carboxylic acids is 1. The highest BCUT2D eigenvalue weighted by molar-refractivity contribution is 5.92. The van der Waals surface area contributed by atoms with Crippen LogP contribution in [-0.2, 0) is 4.74 Å². The number of aryl methyl sites for hydroxylation is 1. The fraction of sp³-hybridized carbons (Fsp3) is 0.357. The molecule has 2 fully saturated rings. The Morgan fingerprint density at radius 3 is 2.59 bits per heavy atom. The molecule has 212 valence electrons. The van der Waals surface area contributed by atoms with E-state index >= 15 is 0 Å². The van der Waals surface area contributed by atoms with Crippen LogP contribution in [0.3, 0.4) is 0 Å². The number of fused-ring (bicyclic) bond motifs is 3. The number of amides is 2. The number of anilines is 2. The van der Waals surface area contributed by atoms with Crippen molar-refractivity contribution in [2.45, 2.75) is 44.9 Å². The first-order valence-corrected chi connectivity index (χ1v) is 13.5. The first-order valence-electron chi connectivity index (χ1n) is 13.5. The van der Waals surface area contributed by atoms with Crippen LogP contribution < -0.4 is 15.4 Å². The molecule has 3 N–H and O–H groups in total. The van der Waals surface area contributed by atoms with Gasteiger partial charge in [0.05, 0.1) is 49.4 Å². The highest BCUT2D eigenvalue weighted by Crippen LogP contribution is 2.35. The Labute approximate surface area is 235 Å². The second kappa shape index (κ2) is 11.0. The number of morpholine rings is 1. The number of carbonyl (C=O) groups is 2. The summed E-state index contributed by atoms with van der Waals surface area (Å²) in [6, 6.07) is 7.39. The SMILES string of the molecule is CCNC(=O)c1cnc(Nc2cc3cc(-c4cc(C)ncc4O[C@H]4C[C@H]5COC[C@@H](C4)N5C(=O)O)ccn3n2)cn1. The Kier molecular flexibility index (Phi) is 7.10. The molecule has 2 bridgehead atoms. The van der Waals surface area contributed by atoms with E-state index in [1.165, 1.54) is 17.3 Å². The molecule has 2 aliphatic heterocycles. The zero-order valence-electron chi connectivity index (χ0n) is 22.6.